The molecule has 194 valence electrons. The van der Waals surface area contributed by atoms with Gasteiger partial charge in [-0.2, -0.15) is 0 Å². The van der Waals surface area contributed by atoms with E-state index in [4.69, 9.17) is 9.47 Å². The first-order valence-electron chi connectivity index (χ1n) is 13.4. The van der Waals surface area contributed by atoms with Gasteiger partial charge in [0.25, 0.3) is 0 Å². The summed E-state index contributed by atoms with van der Waals surface area (Å²) in [7, 11) is 0. The van der Waals surface area contributed by atoms with Gasteiger partial charge in [-0.25, -0.2) is 4.79 Å². The number of aliphatic carboxylic acids is 1. The molecule has 5 nitrogen and oxygen atoms in total. The molecule has 2 N–H and O–H groups in total. The Bertz CT molecular complexity index is 767. The van der Waals surface area contributed by atoms with Crippen molar-refractivity contribution in [2.75, 3.05) is 13.2 Å². The van der Waals surface area contributed by atoms with Gasteiger partial charge in [-0.3, -0.25) is 0 Å². The number of carboxylic acids is 1. The molecule has 0 aliphatic carbocycles. The Hall–Kier alpha value is -2.53. The van der Waals surface area contributed by atoms with Gasteiger partial charge in [0.1, 0.15) is 11.5 Å². The van der Waals surface area contributed by atoms with Crippen molar-refractivity contribution in [3.05, 3.63) is 59.7 Å². The molecule has 0 atom stereocenters. The minimum atomic E-state index is -2.14. The Labute approximate surface area is 211 Å². The summed E-state index contributed by atoms with van der Waals surface area (Å²) in [5.74, 6) is 0.0287. The fraction of sp³-hybridized carbons (Fsp3) is 0.567. The first-order chi connectivity index (χ1) is 17.0. The normalized spacial score (nSPS) is 11.4. The minimum absolute atomic E-state index is 0.290. The number of ether oxygens (including phenoxy) is 2. The van der Waals surface area contributed by atoms with Crippen LogP contribution >= 0.6 is 0 Å². The number of aliphatic hydroxyl groups is 1. The van der Waals surface area contributed by atoms with Crippen LogP contribution in [0.1, 0.15) is 102 Å². The van der Waals surface area contributed by atoms with Crippen molar-refractivity contribution in [3.8, 4) is 11.5 Å². The molecule has 2 rings (SSSR count). The second-order valence-corrected chi connectivity index (χ2v) is 9.30. The SMILES string of the molecule is CCCCCCCCOc1ccc(C(O)(C(=O)O)c2ccc(OCCCCCCCC)cc2)cc1. The molecule has 0 aliphatic heterocycles. The van der Waals surface area contributed by atoms with Crippen molar-refractivity contribution in [1.82, 2.24) is 0 Å². The van der Waals surface area contributed by atoms with Gasteiger partial charge in [0.15, 0.2) is 0 Å². The van der Waals surface area contributed by atoms with Crippen LogP contribution in [0.4, 0.5) is 0 Å². The Morgan fingerprint density at radius 1 is 0.629 bits per heavy atom. The van der Waals surface area contributed by atoms with E-state index in [1.54, 1.807) is 48.5 Å². The zero-order chi connectivity index (χ0) is 25.4. The van der Waals surface area contributed by atoms with E-state index in [0.29, 0.717) is 24.7 Å². The standard InChI is InChI=1S/C30H44O5/c1-3-5-7-9-11-13-23-34-27-19-15-25(16-20-27)30(33,29(31)32)26-17-21-28(22-18-26)35-24-14-12-10-8-6-4-2/h15-22,33H,3-14,23-24H2,1-2H3,(H,31,32). The predicted octanol–water partition coefficient (Wildman–Crippen LogP) is 7.49. The molecule has 0 amide bonds. The lowest BCUT2D eigenvalue weighted by atomic mass is 9.86. The average molecular weight is 485 g/mol. The maximum atomic E-state index is 12.1. The Kier molecular flexibility index (Phi) is 13.3. The monoisotopic (exact) mass is 484 g/mol. The molecule has 0 aliphatic rings. The van der Waals surface area contributed by atoms with Crippen LogP contribution < -0.4 is 9.47 Å². The van der Waals surface area contributed by atoms with E-state index in [1.165, 1.54) is 51.4 Å². The van der Waals surface area contributed by atoms with Crippen LogP contribution in [0.25, 0.3) is 0 Å². The molecular weight excluding hydrogens is 440 g/mol. The molecule has 0 fully saturated rings. The number of hydrogen-bond acceptors (Lipinski definition) is 4. The highest BCUT2D eigenvalue weighted by Crippen LogP contribution is 2.32. The Morgan fingerprint density at radius 3 is 1.31 bits per heavy atom. The number of carbonyl (C=O) groups is 1. The van der Waals surface area contributed by atoms with Crippen LogP contribution in [0.2, 0.25) is 0 Å². The average Bonchev–Trinajstić information content (AvgIpc) is 2.88. The molecule has 5 heteroatoms. The van der Waals surface area contributed by atoms with Crippen molar-refractivity contribution < 1.29 is 24.5 Å². The molecule has 0 spiro atoms. The van der Waals surface area contributed by atoms with Gasteiger partial charge in [0, 0.05) is 0 Å². The summed E-state index contributed by atoms with van der Waals surface area (Å²) >= 11 is 0. The first-order valence-corrected chi connectivity index (χ1v) is 13.4. The van der Waals surface area contributed by atoms with Crippen LogP contribution in [-0.4, -0.2) is 29.4 Å². The van der Waals surface area contributed by atoms with E-state index in [1.807, 2.05) is 0 Å². The lowest BCUT2D eigenvalue weighted by Gasteiger charge is -2.25. The van der Waals surface area contributed by atoms with Crippen LogP contribution in [0.3, 0.4) is 0 Å². The quantitative estimate of drug-likeness (QED) is 0.202. The summed E-state index contributed by atoms with van der Waals surface area (Å²) in [5, 5.41) is 21.1. The van der Waals surface area contributed by atoms with Gasteiger partial charge in [0.2, 0.25) is 5.60 Å². The molecule has 0 radical (unpaired) electrons. The number of unbranched alkanes of at least 4 members (excludes halogenated alkanes) is 10. The number of carboxylic acid groups (broad SMARTS) is 1. The van der Waals surface area contributed by atoms with E-state index in [0.717, 1.165) is 25.7 Å². The van der Waals surface area contributed by atoms with Crippen LogP contribution in [0, 0.1) is 0 Å². The summed E-state index contributed by atoms with van der Waals surface area (Å²) in [5.41, 5.74) is -1.56. The third-order valence-corrected chi connectivity index (χ3v) is 6.39. The van der Waals surface area contributed by atoms with E-state index >= 15 is 0 Å². The third kappa shape index (κ3) is 9.56. The smallest absolute Gasteiger partial charge is 0.345 e. The van der Waals surface area contributed by atoms with Gasteiger partial charge in [0.05, 0.1) is 13.2 Å². The largest absolute Gasteiger partial charge is 0.494 e. The van der Waals surface area contributed by atoms with Crippen molar-refractivity contribution in [3.63, 3.8) is 0 Å². The predicted molar refractivity (Wildman–Crippen MR) is 141 cm³/mol. The minimum Gasteiger partial charge on any atom is -0.494 e. The van der Waals surface area contributed by atoms with Crippen molar-refractivity contribution in [2.45, 2.75) is 96.5 Å². The van der Waals surface area contributed by atoms with Crippen molar-refractivity contribution >= 4 is 5.97 Å². The van der Waals surface area contributed by atoms with E-state index < -0.39 is 11.6 Å². The van der Waals surface area contributed by atoms with Gasteiger partial charge < -0.3 is 19.7 Å². The lowest BCUT2D eigenvalue weighted by molar-refractivity contribution is -0.155. The molecule has 0 unspecified atom stereocenters. The molecule has 35 heavy (non-hydrogen) atoms. The molecule has 0 aromatic heterocycles. The maximum absolute atomic E-state index is 12.1. The van der Waals surface area contributed by atoms with E-state index in [-0.39, 0.29) is 11.1 Å². The van der Waals surface area contributed by atoms with Gasteiger partial charge >= 0.3 is 5.97 Å². The molecule has 2 aromatic rings. The Balaban J connectivity index is 1.89. The molecule has 2 aromatic carbocycles. The summed E-state index contributed by atoms with van der Waals surface area (Å²) in [6.45, 7) is 5.68. The van der Waals surface area contributed by atoms with Crippen molar-refractivity contribution in [1.29, 1.82) is 0 Å². The molecule has 0 heterocycles. The van der Waals surface area contributed by atoms with Gasteiger partial charge in [-0.1, -0.05) is 102 Å². The molecule has 0 saturated carbocycles. The van der Waals surface area contributed by atoms with E-state index in [2.05, 4.69) is 13.8 Å². The second-order valence-electron chi connectivity index (χ2n) is 9.30. The third-order valence-electron chi connectivity index (χ3n) is 6.39. The topological polar surface area (TPSA) is 76.0 Å². The molecule has 0 bridgehead atoms. The fourth-order valence-corrected chi connectivity index (χ4v) is 4.14. The maximum Gasteiger partial charge on any atom is 0.345 e. The number of benzene rings is 2. The summed E-state index contributed by atoms with van der Waals surface area (Å²) in [4.78, 5) is 12.1. The van der Waals surface area contributed by atoms with Gasteiger partial charge in [-0.15, -0.1) is 0 Å². The summed E-state index contributed by atoms with van der Waals surface area (Å²) in [6, 6.07) is 13.4. The highest BCUT2D eigenvalue weighted by atomic mass is 16.5. The highest BCUT2D eigenvalue weighted by Gasteiger charge is 2.40. The summed E-state index contributed by atoms with van der Waals surface area (Å²) < 4.78 is 11.6. The molecular formula is C30H44O5. The van der Waals surface area contributed by atoms with Crippen LogP contribution in [-0.2, 0) is 10.4 Å². The number of rotatable bonds is 19. The zero-order valence-corrected chi connectivity index (χ0v) is 21.6. The van der Waals surface area contributed by atoms with E-state index in [9.17, 15) is 15.0 Å². The first kappa shape index (κ1) is 28.7. The Morgan fingerprint density at radius 2 is 0.971 bits per heavy atom. The van der Waals surface area contributed by atoms with Crippen LogP contribution in [0.5, 0.6) is 11.5 Å². The highest BCUT2D eigenvalue weighted by molar-refractivity contribution is 5.83. The van der Waals surface area contributed by atoms with Gasteiger partial charge in [-0.05, 0) is 48.2 Å². The number of hydrogen-bond donors (Lipinski definition) is 2. The zero-order valence-electron chi connectivity index (χ0n) is 21.6. The molecule has 0 saturated heterocycles. The van der Waals surface area contributed by atoms with Crippen LogP contribution in [0.15, 0.2) is 48.5 Å². The summed E-state index contributed by atoms with van der Waals surface area (Å²) in [6.07, 6.45) is 14.3. The second kappa shape index (κ2) is 16.2. The lowest BCUT2D eigenvalue weighted by Crippen LogP contribution is -2.36. The van der Waals surface area contributed by atoms with Crippen molar-refractivity contribution in [2.24, 2.45) is 0 Å². The fourth-order valence-electron chi connectivity index (χ4n) is 4.14.